The van der Waals surface area contributed by atoms with Gasteiger partial charge in [-0.05, 0) is 50.1 Å². The van der Waals surface area contributed by atoms with Crippen molar-refractivity contribution in [2.24, 2.45) is 5.16 Å². The molecule has 26 heavy (non-hydrogen) atoms. The van der Waals surface area contributed by atoms with Crippen LogP contribution in [0, 0.1) is 0 Å². The van der Waals surface area contributed by atoms with E-state index in [2.05, 4.69) is 31.0 Å². The maximum absolute atomic E-state index is 9.63. The van der Waals surface area contributed by atoms with E-state index in [9.17, 15) is 5.11 Å². The number of aromatic nitrogens is 2. The first-order valence-electron chi connectivity index (χ1n) is 9.01. The molecule has 1 saturated heterocycles. The predicted octanol–water partition coefficient (Wildman–Crippen LogP) is 2.14. The lowest BCUT2D eigenvalue weighted by molar-refractivity contribution is 0.252. The Kier molecular flexibility index (Phi) is 6.38. The lowest BCUT2D eigenvalue weighted by Crippen LogP contribution is -2.46. The Balaban J connectivity index is 1.38. The smallest absolute Gasteiger partial charge is 0.142 e. The average molecular weight is 355 g/mol. The second kappa shape index (κ2) is 9.15. The molecule has 2 aromatic rings. The minimum atomic E-state index is 0.0253. The summed E-state index contributed by atoms with van der Waals surface area (Å²) in [7, 11) is 0. The highest BCUT2D eigenvalue weighted by Gasteiger charge is 2.17. The first kappa shape index (κ1) is 18.1. The van der Waals surface area contributed by atoms with Crippen LogP contribution in [0.4, 0.5) is 5.82 Å². The molecular weight excluding hydrogens is 330 g/mol. The van der Waals surface area contributed by atoms with E-state index >= 15 is 0 Å². The number of oxime groups is 1. The third kappa shape index (κ3) is 4.92. The number of hydrogen-bond acceptors (Lipinski definition) is 7. The van der Waals surface area contributed by atoms with Crippen molar-refractivity contribution < 1.29 is 10.3 Å². The van der Waals surface area contributed by atoms with Crippen molar-refractivity contribution in [1.29, 1.82) is 0 Å². The molecule has 3 rings (SSSR count). The normalized spacial score (nSPS) is 15.6. The minimum Gasteiger partial charge on any atom is -0.506 e. The van der Waals surface area contributed by atoms with E-state index in [1.54, 1.807) is 6.07 Å². The molecule has 1 aliphatic rings. The fourth-order valence-electron chi connectivity index (χ4n) is 3.18. The largest absolute Gasteiger partial charge is 0.506 e. The quantitative estimate of drug-likeness (QED) is 0.343. The van der Waals surface area contributed by atoms with E-state index in [1.807, 2.05) is 24.4 Å². The Hall–Kier alpha value is -2.67. The summed E-state index contributed by atoms with van der Waals surface area (Å²) in [4.78, 5) is 13.6. The van der Waals surface area contributed by atoms with Crippen LogP contribution < -0.4 is 4.90 Å². The van der Waals surface area contributed by atoms with Gasteiger partial charge in [-0.25, -0.2) is 9.97 Å². The Morgan fingerprint density at radius 2 is 1.92 bits per heavy atom. The van der Waals surface area contributed by atoms with Crippen molar-refractivity contribution in [1.82, 2.24) is 14.9 Å². The summed E-state index contributed by atoms with van der Waals surface area (Å²) in [5.41, 5.74) is 1.20. The molecular formula is C19H25N5O2. The van der Waals surface area contributed by atoms with Gasteiger partial charge in [-0.3, -0.25) is 4.90 Å². The van der Waals surface area contributed by atoms with E-state index in [0.29, 0.717) is 5.69 Å². The van der Waals surface area contributed by atoms with Crippen LogP contribution >= 0.6 is 0 Å². The Labute approximate surface area is 153 Å². The summed E-state index contributed by atoms with van der Waals surface area (Å²) in [5.74, 6) is 1.09. The Morgan fingerprint density at radius 3 is 2.65 bits per heavy atom. The molecule has 0 amide bonds. The maximum Gasteiger partial charge on any atom is 0.142 e. The highest BCUT2D eigenvalue weighted by molar-refractivity contribution is 5.80. The number of hydrogen-bond donors (Lipinski definition) is 2. The molecule has 0 aliphatic carbocycles. The SMILES string of the molecule is ON=Cc1nc(CCCCN2CCN(c3ccccn3)CC2)ccc1O. The van der Waals surface area contributed by atoms with Crippen LogP contribution in [0.5, 0.6) is 5.75 Å². The standard InChI is InChI=1S/C19H25N5O2/c25-18-8-7-16(22-17(18)15-21-26)5-2-4-10-23-11-13-24(14-12-23)19-6-1-3-9-20-19/h1,3,6-9,15,25-26H,2,4-5,10-14H2. The van der Waals surface area contributed by atoms with E-state index < -0.39 is 0 Å². The van der Waals surface area contributed by atoms with Crippen LogP contribution in [0.2, 0.25) is 0 Å². The van der Waals surface area contributed by atoms with Crippen LogP contribution in [0.1, 0.15) is 24.2 Å². The zero-order chi connectivity index (χ0) is 18.2. The molecule has 2 aromatic heterocycles. The van der Waals surface area contributed by atoms with E-state index in [4.69, 9.17) is 5.21 Å². The number of piperazine rings is 1. The van der Waals surface area contributed by atoms with Crippen LogP contribution in [-0.4, -0.2) is 64.1 Å². The first-order chi connectivity index (χ1) is 12.8. The van der Waals surface area contributed by atoms with Crippen molar-refractivity contribution in [3.05, 3.63) is 47.9 Å². The minimum absolute atomic E-state index is 0.0253. The van der Waals surface area contributed by atoms with E-state index in [-0.39, 0.29) is 5.75 Å². The van der Waals surface area contributed by atoms with Crippen molar-refractivity contribution in [2.75, 3.05) is 37.6 Å². The van der Waals surface area contributed by atoms with Crippen LogP contribution in [0.25, 0.3) is 0 Å². The van der Waals surface area contributed by atoms with Gasteiger partial charge in [0.25, 0.3) is 0 Å². The summed E-state index contributed by atoms with van der Waals surface area (Å²) in [6.07, 6.45) is 5.99. The second-order valence-electron chi connectivity index (χ2n) is 6.43. The van der Waals surface area contributed by atoms with Gasteiger partial charge in [-0.15, -0.1) is 0 Å². The fourth-order valence-corrected chi connectivity index (χ4v) is 3.18. The molecule has 0 saturated carbocycles. The second-order valence-corrected chi connectivity index (χ2v) is 6.43. The fraction of sp³-hybridized carbons (Fsp3) is 0.421. The van der Waals surface area contributed by atoms with Gasteiger partial charge in [0.05, 0.1) is 6.21 Å². The van der Waals surface area contributed by atoms with Gasteiger partial charge in [0.2, 0.25) is 0 Å². The molecule has 2 N–H and O–H groups in total. The molecule has 7 nitrogen and oxygen atoms in total. The van der Waals surface area contributed by atoms with Crippen LogP contribution in [0.3, 0.4) is 0 Å². The number of anilines is 1. The molecule has 0 aromatic carbocycles. The van der Waals surface area contributed by atoms with Crippen molar-refractivity contribution in [3.8, 4) is 5.75 Å². The Morgan fingerprint density at radius 1 is 1.08 bits per heavy atom. The monoisotopic (exact) mass is 355 g/mol. The molecule has 7 heteroatoms. The highest BCUT2D eigenvalue weighted by Crippen LogP contribution is 2.15. The van der Waals surface area contributed by atoms with Crippen molar-refractivity contribution in [3.63, 3.8) is 0 Å². The molecule has 0 spiro atoms. The summed E-state index contributed by atoms with van der Waals surface area (Å²) < 4.78 is 0. The molecule has 0 radical (unpaired) electrons. The molecule has 0 unspecified atom stereocenters. The Bertz CT molecular complexity index is 715. The molecule has 138 valence electrons. The third-order valence-corrected chi connectivity index (χ3v) is 4.64. The average Bonchev–Trinajstić information content (AvgIpc) is 2.69. The zero-order valence-electron chi connectivity index (χ0n) is 14.8. The number of pyridine rings is 2. The number of rotatable bonds is 7. The summed E-state index contributed by atoms with van der Waals surface area (Å²) in [5, 5.41) is 21.2. The lowest BCUT2D eigenvalue weighted by atomic mass is 10.1. The molecule has 0 atom stereocenters. The third-order valence-electron chi connectivity index (χ3n) is 4.64. The van der Waals surface area contributed by atoms with Gasteiger partial charge < -0.3 is 15.2 Å². The topological polar surface area (TPSA) is 85.1 Å². The summed E-state index contributed by atoms with van der Waals surface area (Å²) in [6, 6.07) is 9.45. The van der Waals surface area contributed by atoms with E-state index in [0.717, 1.165) is 69.7 Å². The summed E-state index contributed by atoms with van der Waals surface area (Å²) in [6.45, 7) is 5.23. The van der Waals surface area contributed by atoms with Gasteiger partial charge >= 0.3 is 0 Å². The van der Waals surface area contributed by atoms with Crippen LogP contribution in [-0.2, 0) is 6.42 Å². The predicted molar refractivity (Wildman–Crippen MR) is 101 cm³/mol. The number of aromatic hydroxyl groups is 1. The first-order valence-corrected chi connectivity index (χ1v) is 9.01. The number of aryl methyl sites for hydroxylation is 1. The van der Waals surface area contributed by atoms with Gasteiger partial charge in [-0.2, -0.15) is 0 Å². The van der Waals surface area contributed by atoms with Gasteiger partial charge in [0.15, 0.2) is 0 Å². The maximum atomic E-state index is 9.63. The van der Waals surface area contributed by atoms with Crippen LogP contribution in [0.15, 0.2) is 41.7 Å². The van der Waals surface area contributed by atoms with Gasteiger partial charge in [0.1, 0.15) is 17.3 Å². The van der Waals surface area contributed by atoms with Gasteiger partial charge in [-0.1, -0.05) is 11.2 Å². The molecule has 0 bridgehead atoms. The number of nitrogens with zero attached hydrogens (tertiary/aromatic N) is 5. The number of unbranched alkanes of at least 4 members (excludes halogenated alkanes) is 1. The highest BCUT2D eigenvalue weighted by atomic mass is 16.4. The lowest BCUT2D eigenvalue weighted by Gasteiger charge is -2.35. The molecule has 1 fully saturated rings. The van der Waals surface area contributed by atoms with Crippen molar-refractivity contribution >= 4 is 12.0 Å². The zero-order valence-corrected chi connectivity index (χ0v) is 14.8. The molecule has 1 aliphatic heterocycles. The summed E-state index contributed by atoms with van der Waals surface area (Å²) >= 11 is 0. The van der Waals surface area contributed by atoms with Crippen molar-refractivity contribution in [2.45, 2.75) is 19.3 Å². The van der Waals surface area contributed by atoms with E-state index in [1.165, 1.54) is 0 Å². The van der Waals surface area contributed by atoms with Gasteiger partial charge in [0, 0.05) is 38.1 Å². The molecule has 3 heterocycles.